The van der Waals surface area contributed by atoms with Gasteiger partial charge in [-0.15, -0.1) is 0 Å². The number of carbonyl (C=O) groups excluding carboxylic acids is 1. The highest BCUT2D eigenvalue weighted by Gasteiger charge is 2.06. The van der Waals surface area contributed by atoms with E-state index in [-0.39, 0.29) is 13.2 Å². The van der Waals surface area contributed by atoms with Gasteiger partial charge in [0.05, 0.1) is 26.4 Å². The summed E-state index contributed by atoms with van der Waals surface area (Å²) in [5.74, 6) is -1.92. The zero-order chi connectivity index (χ0) is 13.7. The topological polar surface area (TPSA) is 130 Å². The molecule has 0 rings (SSSR count). The summed E-state index contributed by atoms with van der Waals surface area (Å²) in [6.45, 7) is 3.71. The van der Waals surface area contributed by atoms with E-state index in [4.69, 9.17) is 14.8 Å². The van der Waals surface area contributed by atoms with Gasteiger partial charge < -0.3 is 19.7 Å². The van der Waals surface area contributed by atoms with Crippen LogP contribution in [-0.4, -0.2) is 61.5 Å². The van der Waals surface area contributed by atoms with Crippen molar-refractivity contribution in [2.75, 3.05) is 32.4 Å². The molecular formula is C8H16O8S. The van der Waals surface area contributed by atoms with E-state index in [9.17, 15) is 13.2 Å². The maximum absolute atomic E-state index is 10.1. The van der Waals surface area contributed by atoms with Crippen molar-refractivity contribution in [3.63, 3.8) is 0 Å². The number of aliphatic hydroxyl groups is 2. The van der Waals surface area contributed by atoms with Crippen LogP contribution in [0.2, 0.25) is 0 Å². The van der Waals surface area contributed by atoms with E-state index in [1.165, 1.54) is 0 Å². The molecule has 0 spiro atoms. The molecule has 0 aliphatic carbocycles. The summed E-state index contributed by atoms with van der Waals surface area (Å²) < 4.78 is 36.4. The highest BCUT2D eigenvalue weighted by atomic mass is 32.2. The summed E-state index contributed by atoms with van der Waals surface area (Å²) in [6.07, 6.45) is 0.797. The molecule has 0 bridgehead atoms. The van der Waals surface area contributed by atoms with Crippen LogP contribution in [0.5, 0.6) is 0 Å². The largest absolute Gasteiger partial charge is 0.444 e. The summed E-state index contributed by atoms with van der Waals surface area (Å²) in [6, 6.07) is 0. The average molecular weight is 272 g/mol. The Morgan fingerprint density at radius 3 is 2.00 bits per heavy atom. The van der Waals surface area contributed by atoms with Gasteiger partial charge >= 0.3 is 16.1 Å². The van der Waals surface area contributed by atoms with Gasteiger partial charge in [0, 0.05) is 6.08 Å². The van der Waals surface area contributed by atoms with Crippen LogP contribution in [0.3, 0.4) is 0 Å². The minimum absolute atomic E-state index is 0.0278. The predicted octanol–water partition coefficient (Wildman–Crippen LogP) is -1.45. The SMILES string of the molecule is C=CC(=O)OCS(=O)(=O)O.OCCOCCO. The van der Waals surface area contributed by atoms with Gasteiger partial charge in [-0.2, -0.15) is 8.42 Å². The van der Waals surface area contributed by atoms with Gasteiger partial charge in [-0.25, -0.2) is 4.79 Å². The Kier molecular flexibility index (Phi) is 12.4. The summed E-state index contributed by atoms with van der Waals surface area (Å²) in [5.41, 5.74) is 0. The molecule has 0 saturated carbocycles. The first-order valence-electron chi connectivity index (χ1n) is 4.41. The Balaban J connectivity index is 0. The molecule has 9 heteroatoms. The third-order valence-electron chi connectivity index (χ3n) is 0.988. The molecule has 3 N–H and O–H groups in total. The van der Waals surface area contributed by atoms with Crippen LogP contribution in [0.25, 0.3) is 0 Å². The first-order chi connectivity index (χ1) is 7.87. The van der Waals surface area contributed by atoms with E-state index < -0.39 is 22.0 Å². The smallest absolute Gasteiger partial charge is 0.331 e. The van der Waals surface area contributed by atoms with Gasteiger partial charge in [0.15, 0.2) is 0 Å². The Morgan fingerprint density at radius 2 is 1.71 bits per heavy atom. The minimum atomic E-state index is -4.22. The molecule has 0 unspecified atom stereocenters. The van der Waals surface area contributed by atoms with Crippen molar-refractivity contribution in [1.82, 2.24) is 0 Å². The normalized spacial score (nSPS) is 10.1. The quantitative estimate of drug-likeness (QED) is 0.222. The van der Waals surface area contributed by atoms with Crippen LogP contribution in [0, 0.1) is 0 Å². The zero-order valence-electron chi connectivity index (χ0n) is 9.11. The van der Waals surface area contributed by atoms with Crippen LogP contribution >= 0.6 is 0 Å². The summed E-state index contributed by atoms with van der Waals surface area (Å²) in [7, 11) is -4.22. The van der Waals surface area contributed by atoms with Gasteiger partial charge in [0.2, 0.25) is 5.94 Å². The molecule has 0 fully saturated rings. The molecular weight excluding hydrogens is 256 g/mol. The monoisotopic (exact) mass is 272 g/mol. The number of esters is 1. The molecule has 0 aromatic carbocycles. The molecule has 102 valence electrons. The van der Waals surface area contributed by atoms with E-state index in [1.54, 1.807) is 0 Å². The fraction of sp³-hybridized carbons (Fsp3) is 0.625. The number of carbonyl (C=O) groups is 1. The Hall–Kier alpha value is -1.00. The minimum Gasteiger partial charge on any atom is -0.444 e. The molecule has 0 aliphatic heterocycles. The predicted molar refractivity (Wildman–Crippen MR) is 57.7 cm³/mol. The van der Waals surface area contributed by atoms with Crippen molar-refractivity contribution in [2.45, 2.75) is 0 Å². The van der Waals surface area contributed by atoms with E-state index in [0.717, 1.165) is 6.08 Å². The van der Waals surface area contributed by atoms with E-state index >= 15 is 0 Å². The van der Waals surface area contributed by atoms with Crippen LogP contribution < -0.4 is 0 Å². The number of rotatable bonds is 7. The van der Waals surface area contributed by atoms with E-state index in [1.807, 2.05) is 0 Å². The molecule has 8 nitrogen and oxygen atoms in total. The molecule has 0 aromatic rings. The van der Waals surface area contributed by atoms with E-state index in [0.29, 0.717) is 13.2 Å². The van der Waals surface area contributed by atoms with Gasteiger partial charge in [-0.3, -0.25) is 4.55 Å². The van der Waals surface area contributed by atoms with Crippen molar-refractivity contribution in [1.29, 1.82) is 0 Å². The second-order valence-electron chi connectivity index (χ2n) is 2.43. The maximum Gasteiger partial charge on any atom is 0.331 e. The number of hydrogen-bond acceptors (Lipinski definition) is 7. The number of aliphatic hydroxyl groups excluding tert-OH is 2. The standard InChI is InChI=1S/C4H6O5S.C4H10O3/c1-2-4(5)9-3-10(6,7)8;5-1-3-7-4-2-6/h2H,1,3H2,(H,6,7,8);5-6H,1-4H2. The molecule has 0 heterocycles. The fourth-order valence-corrected chi connectivity index (χ4v) is 0.688. The van der Waals surface area contributed by atoms with Crippen LogP contribution in [-0.2, 0) is 24.4 Å². The van der Waals surface area contributed by atoms with Crippen molar-refractivity contribution in [3.8, 4) is 0 Å². The summed E-state index contributed by atoms with van der Waals surface area (Å²) in [5, 5.41) is 16.2. The van der Waals surface area contributed by atoms with Crippen molar-refractivity contribution >= 4 is 16.1 Å². The average Bonchev–Trinajstić information content (AvgIpc) is 2.26. The zero-order valence-corrected chi connectivity index (χ0v) is 9.93. The summed E-state index contributed by atoms with van der Waals surface area (Å²) in [4.78, 5) is 10.1. The number of ether oxygens (including phenoxy) is 2. The summed E-state index contributed by atoms with van der Waals surface area (Å²) >= 11 is 0. The molecule has 0 atom stereocenters. The Bertz CT molecular complexity index is 293. The second-order valence-corrected chi connectivity index (χ2v) is 3.83. The molecule has 0 amide bonds. The fourth-order valence-electron chi connectivity index (χ4n) is 0.423. The van der Waals surface area contributed by atoms with Crippen LogP contribution in [0.1, 0.15) is 0 Å². The van der Waals surface area contributed by atoms with Gasteiger partial charge in [0.1, 0.15) is 0 Å². The molecule has 0 radical (unpaired) electrons. The van der Waals surface area contributed by atoms with Crippen molar-refractivity contribution in [3.05, 3.63) is 12.7 Å². The first kappa shape index (κ1) is 18.4. The Morgan fingerprint density at radius 1 is 1.24 bits per heavy atom. The lowest BCUT2D eigenvalue weighted by Crippen LogP contribution is -2.11. The lowest BCUT2D eigenvalue weighted by molar-refractivity contribution is -0.135. The molecule has 17 heavy (non-hydrogen) atoms. The lowest BCUT2D eigenvalue weighted by atomic mass is 10.7. The maximum atomic E-state index is 10.1. The van der Waals surface area contributed by atoms with Crippen molar-refractivity contribution < 1.29 is 37.5 Å². The Labute approximate surface area is 99.2 Å². The second kappa shape index (κ2) is 11.5. The molecule has 0 aromatic heterocycles. The van der Waals surface area contributed by atoms with Crippen LogP contribution in [0.4, 0.5) is 0 Å². The van der Waals surface area contributed by atoms with Gasteiger partial charge in [-0.05, 0) is 0 Å². The highest BCUT2D eigenvalue weighted by Crippen LogP contribution is 1.85. The van der Waals surface area contributed by atoms with Gasteiger partial charge in [0.25, 0.3) is 0 Å². The third kappa shape index (κ3) is 21.0. The third-order valence-corrected chi connectivity index (χ3v) is 1.40. The van der Waals surface area contributed by atoms with Crippen LogP contribution in [0.15, 0.2) is 12.7 Å². The highest BCUT2D eigenvalue weighted by molar-refractivity contribution is 7.85. The lowest BCUT2D eigenvalue weighted by Gasteiger charge is -1.95. The van der Waals surface area contributed by atoms with Crippen molar-refractivity contribution in [2.24, 2.45) is 0 Å². The molecule has 0 saturated heterocycles. The van der Waals surface area contributed by atoms with E-state index in [2.05, 4.69) is 16.1 Å². The first-order valence-corrected chi connectivity index (χ1v) is 6.02. The molecule has 0 aliphatic rings. The number of hydrogen-bond donors (Lipinski definition) is 3. The van der Waals surface area contributed by atoms with Gasteiger partial charge in [-0.1, -0.05) is 6.58 Å².